The maximum absolute atomic E-state index is 5.61. The van der Waals surface area contributed by atoms with Gasteiger partial charge < -0.3 is 10.1 Å². The second kappa shape index (κ2) is 6.35. The molecule has 0 aliphatic heterocycles. The molecule has 4 nitrogen and oxygen atoms in total. The molecule has 0 saturated carbocycles. The molecular weight excluding hydrogens is 294 g/mol. The number of nitrogens with one attached hydrogen (secondary N) is 1. The summed E-state index contributed by atoms with van der Waals surface area (Å²) in [5.41, 5.74) is 1.10. The fourth-order valence-electron chi connectivity index (χ4n) is 1.43. The minimum atomic E-state index is 0.496. The van der Waals surface area contributed by atoms with E-state index in [4.69, 9.17) is 4.74 Å². The van der Waals surface area contributed by atoms with Crippen molar-refractivity contribution >= 4 is 21.7 Å². The van der Waals surface area contributed by atoms with Gasteiger partial charge >= 0.3 is 0 Å². The average molecular weight is 308 g/mol. The lowest BCUT2D eigenvalue weighted by Gasteiger charge is -2.07. The van der Waals surface area contributed by atoms with E-state index in [1.807, 2.05) is 31.2 Å². The highest BCUT2D eigenvalue weighted by atomic mass is 79.9. The van der Waals surface area contributed by atoms with Crippen molar-refractivity contribution in [2.45, 2.75) is 13.5 Å². The number of hydrogen-bond donors (Lipinski definition) is 1. The molecule has 5 heteroatoms. The molecule has 0 atom stereocenters. The standard InChI is InChI=1S/C13H14BrN3O/c1-2-15-12-7-13(17-9-16-12)18-8-10-3-5-11(14)6-4-10/h3-7,9H,2,8H2,1H3,(H,15,16,17). The van der Waals surface area contributed by atoms with Gasteiger partial charge in [-0.3, -0.25) is 0 Å². The highest BCUT2D eigenvalue weighted by Crippen LogP contribution is 2.14. The van der Waals surface area contributed by atoms with Crippen molar-refractivity contribution in [3.8, 4) is 5.88 Å². The van der Waals surface area contributed by atoms with Gasteiger partial charge in [-0.05, 0) is 24.6 Å². The Kier molecular flexibility index (Phi) is 4.52. The first-order chi connectivity index (χ1) is 8.78. The molecule has 0 bridgehead atoms. The van der Waals surface area contributed by atoms with Gasteiger partial charge in [0.2, 0.25) is 5.88 Å². The highest BCUT2D eigenvalue weighted by molar-refractivity contribution is 9.10. The molecule has 18 heavy (non-hydrogen) atoms. The average Bonchev–Trinajstić information content (AvgIpc) is 2.39. The van der Waals surface area contributed by atoms with Gasteiger partial charge in [-0.25, -0.2) is 9.97 Å². The molecule has 1 aromatic heterocycles. The van der Waals surface area contributed by atoms with Gasteiger partial charge in [0, 0.05) is 17.1 Å². The van der Waals surface area contributed by atoms with Crippen LogP contribution in [0.4, 0.5) is 5.82 Å². The minimum Gasteiger partial charge on any atom is -0.473 e. The van der Waals surface area contributed by atoms with Crippen LogP contribution in [0.3, 0.4) is 0 Å². The molecule has 0 amide bonds. The number of nitrogens with zero attached hydrogens (tertiary/aromatic N) is 2. The molecule has 1 heterocycles. The highest BCUT2D eigenvalue weighted by Gasteiger charge is 2.00. The Hall–Kier alpha value is -1.62. The van der Waals surface area contributed by atoms with Crippen LogP contribution >= 0.6 is 15.9 Å². The monoisotopic (exact) mass is 307 g/mol. The molecule has 94 valence electrons. The minimum absolute atomic E-state index is 0.496. The number of benzene rings is 1. The third kappa shape index (κ3) is 3.70. The summed E-state index contributed by atoms with van der Waals surface area (Å²) >= 11 is 3.40. The van der Waals surface area contributed by atoms with E-state index in [2.05, 4.69) is 31.2 Å². The Morgan fingerprint density at radius 2 is 2.00 bits per heavy atom. The van der Waals surface area contributed by atoms with Crippen molar-refractivity contribution in [3.63, 3.8) is 0 Å². The van der Waals surface area contributed by atoms with Crippen LogP contribution in [0.1, 0.15) is 12.5 Å². The van der Waals surface area contributed by atoms with E-state index >= 15 is 0 Å². The predicted octanol–water partition coefficient (Wildman–Crippen LogP) is 3.25. The molecule has 0 unspecified atom stereocenters. The fourth-order valence-corrected chi connectivity index (χ4v) is 1.70. The lowest BCUT2D eigenvalue weighted by molar-refractivity contribution is 0.293. The molecule has 0 fully saturated rings. The van der Waals surface area contributed by atoms with Crippen LogP contribution in [0, 0.1) is 0 Å². The molecule has 0 spiro atoms. The summed E-state index contributed by atoms with van der Waals surface area (Å²) in [5.74, 6) is 1.35. The Morgan fingerprint density at radius 3 is 2.72 bits per heavy atom. The molecule has 2 rings (SSSR count). The van der Waals surface area contributed by atoms with Gasteiger partial charge in [0.1, 0.15) is 18.8 Å². The third-order valence-electron chi connectivity index (χ3n) is 2.30. The third-order valence-corrected chi connectivity index (χ3v) is 2.83. The first kappa shape index (κ1) is 12.8. The molecule has 0 saturated heterocycles. The predicted molar refractivity (Wildman–Crippen MR) is 74.7 cm³/mol. The second-order valence-corrected chi connectivity index (χ2v) is 4.60. The molecule has 0 aliphatic rings. The van der Waals surface area contributed by atoms with Gasteiger partial charge in [0.05, 0.1) is 0 Å². The van der Waals surface area contributed by atoms with Crippen LogP contribution in [0.25, 0.3) is 0 Å². The Bertz CT molecular complexity index is 502. The zero-order valence-electron chi connectivity index (χ0n) is 10.1. The second-order valence-electron chi connectivity index (χ2n) is 3.69. The van der Waals surface area contributed by atoms with Crippen LogP contribution in [0.5, 0.6) is 5.88 Å². The Balaban J connectivity index is 1.97. The summed E-state index contributed by atoms with van der Waals surface area (Å²) in [4.78, 5) is 8.16. The zero-order chi connectivity index (χ0) is 12.8. The van der Waals surface area contributed by atoms with E-state index in [0.29, 0.717) is 12.5 Å². The van der Waals surface area contributed by atoms with Crippen molar-refractivity contribution in [1.82, 2.24) is 9.97 Å². The molecule has 0 radical (unpaired) electrons. The topological polar surface area (TPSA) is 47.0 Å². The van der Waals surface area contributed by atoms with E-state index in [0.717, 1.165) is 22.4 Å². The van der Waals surface area contributed by atoms with Crippen molar-refractivity contribution in [3.05, 3.63) is 46.7 Å². The van der Waals surface area contributed by atoms with Gasteiger partial charge in [0.15, 0.2) is 0 Å². The van der Waals surface area contributed by atoms with E-state index in [1.165, 1.54) is 6.33 Å². The van der Waals surface area contributed by atoms with Crippen molar-refractivity contribution in [2.24, 2.45) is 0 Å². The number of hydrogen-bond acceptors (Lipinski definition) is 4. The van der Waals surface area contributed by atoms with Crippen LogP contribution in [0.2, 0.25) is 0 Å². The molecule has 2 aromatic rings. The van der Waals surface area contributed by atoms with Crippen LogP contribution in [0.15, 0.2) is 41.1 Å². The van der Waals surface area contributed by atoms with E-state index in [1.54, 1.807) is 6.07 Å². The summed E-state index contributed by atoms with van der Waals surface area (Å²) < 4.78 is 6.67. The van der Waals surface area contributed by atoms with Gasteiger partial charge in [-0.1, -0.05) is 28.1 Å². The first-order valence-corrected chi connectivity index (χ1v) is 6.50. The SMILES string of the molecule is CCNc1cc(OCc2ccc(Br)cc2)ncn1. The summed E-state index contributed by atoms with van der Waals surface area (Å²) in [7, 11) is 0. The lowest BCUT2D eigenvalue weighted by Crippen LogP contribution is -2.02. The van der Waals surface area contributed by atoms with Crippen LogP contribution in [-0.2, 0) is 6.61 Å². The lowest BCUT2D eigenvalue weighted by atomic mass is 10.2. The summed E-state index contributed by atoms with van der Waals surface area (Å²) in [5, 5.41) is 3.12. The number of anilines is 1. The van der Waals surface area contributed by atoms with Gasteiger partial charge in [-0.15, -0.1) is 0 Å². The fraction of sp³-hybridized carbons (Fsp3) is 0.231. The summed E-state index contributed by atoms with van der Waals surface area (Å²) in [6, 6.07) is 9.79. The largest absolute Gasteiger partial charge is 0.473 e. The molecular formula is C13H14BrN3O. The zero-order valence-corrected chi connectivity index (χ0v) is 11.6. The maximum atomic E-state index is 5.61. The van der Waals surface area contributed by atoms with Crippen molar-refractivity contribution in [1.29, 1.82) is 0 Å². The number of rotatable bonds is 5. The smallest absolute Gasteiger partial charge is 0.218 e. The normalized spacial score (nSPS) is 10.1. The maximum Gasteiger partial charge on any atom is 0.218 e. The quantitative estimate of drug-likeness (QED) is 0.921. The summed E-state index contributed by atoms with van der Waals surface area (Å²) in [6.07, 6.45) is 1.49. The summed E-state index contributed by atoms with van der Waals surface area (Å²) in [6.45, 7) is 3.34. The van der Waals surface area contributed by atoms with E-state index in [-0.39, 0.29) is 0 Å². The Morgan fingerprint density at radius 1 is 1.22 bits per heavy atom. The van der Waals surface area contributed by atoms with Crippen LogP contribution in [-0.4, -0.2) is 16.5 Å². The number of aromatic nitrogens is 2. The van der Waals surface area contributed by atoms with Gasteiger partial charge in [0.25, 0.3) is 0 Å². The van der Waals surface area contributed by atoms with Crippen molar-refractivity contribution in [2.75, 3.05) is 11.9 Å². The van der Waals surface area contributed by atoms with E-state index in [9.17, 15) is 0 Å². The van der Waals surface area contributed by atoms with Gasteiger partial charge in [-0.2, -0.15) is 0 Å². The van der Waals surface area contributed by atoms with E-state index < -0.39 is 0 Å². The number of halogens is 1. The molecule has 1 N–H and O–H groups in total. The van der Waals surface area contributed by atoms with Crippen molar-refractivity contribution < 1.29 is 4.74 Å². The number of ether oxygens (including phenoxy) is 1. The van der Waals surface area contributed by atoms with Crippen LogP contribution < -0.4 is 10.1 Å². The molecule has 0 aliphatic carbocycles. The first-order valence-electron chi connectivity index (χ1n) is 5.71. The Labute approximate surface area is 115 Å². The molecule has 1 aromatic carbocycles.